The molecule has 3 aromatic rings. The summed E-state index contributed by atoms with van der Waals surface area (Å²) in [6, 6.07) is 27.4. The molecule has 0 fully saturated rings. The third kappa shape index (κ3) is 5.54. The number of benzene rings is 3. The van der Waals surface area contributed by atoms with E-state index in [1.54, 1.807) is 24.3 Å². The summed E-state index contributed by atoms with van der Waals surface area (Å²) < 4.78 is 5.38. The van der Waals surface area contributed by atoms with E-state index in [9.17, 15) is 9.59 Å². The molecular formula is C23H21NO3. The van der Waals surface area contributed by atoms with Gasteiger partial charge in [-0.15, -0.1) is 0 Å². The molecule has 0 saturated heterocycles. The highest BCUT2D eigenvalue weighted by Gasteiger charge is 2.20. The Balaban J connectivity index is 1.67. The molecule has 0 spiro atoms. The summed E-state index contributed by atoms with van der Waals surface area (Å²) in [4.78, 5) is 24.9. The second-order valence-electron chi connectivity index (χ2n) is 6.15. The van der Waals surface area contributed by atoms with Crippen LogP contribution in [0, 0.1) is 0 Å². The second-order valence-corrected chi connectivity index (χ2v) is 6.15. The first-order valence-corrected chi connectivity index (χ1v) is 8.83. The first-order valence-electron chi connectivity index (χ1n) is 8.83. The third-order valence-electron chi connectivity index (χ3n) is 4.16. The van der Waals surface area contributed by atoms with Crippen LogP contribution in [0.4, 0.5) is 0 Å². The van der Waals surface area contributed by atoms with Crippen molar-refractivity contribution < 1.29 is 14.3 Å². The average molecular weight is 359 g/mol. The highest BCUT2D eigenvalue weighted by Crippen LogP contribution is 2.18. The van der Waals surface area contributed by atoms with Gasteiger partial charge in [-0.3, -0.25) is 9.59 Å². The Morgan fingerprint density at radius 1 is 0.778 bits per heavy atom. The van der Waals surface area contributed by atoms with E-state index in [4.69, 9.17) is 4.74 Å². The molecule has 4 nitrogen and oxygen atoms in total. The number of rotatable bonds is 7. The second kappa shape index (κ2) is 9.34. The summed E-state index contributed by atoms with van der Waals surface area (Å²) >= 11 is 0. The van der Waals surface area contributed by atoms with E-state index < -0.39 is 6.04 Å². The highest BCUT2D eigenvalue weighted by molar-refractivity contribution is 5.94. The Morgan fingerprint density at radius 2 is 1.33 bits per heavy atom. The molecule has 3 rings (SSSR count). The highest BCUT2D eigenvalue weighted by atomic mass is 16.5. The van der Waals surface area contributed by atoms with E-state index in [-0.39, 0.29) is 24.9 Å². The summed E-state index contributed by atoms with van der Waals surface area (Å²) in [6.45, 7) is 0.216. The van der Waals surface area contributed by atoms with E-state index in [1.165, 1.54) is 0 Å². The number of nitrogens with one attached hydrogen (secondary N) is 1. The van der Waals surface area contributed by atoms with Gasteiger partial charge in [-0.05, 0) is 23.3 Å². The van der Waals surface area contributed by atoms with Gasteiger partial charge in [-0.25, -0.2) is 0 Å². The molecule has 0 aliphatic rings. The fourth-order valence-electron chi connectivity index (χ4n) is 2.73. The molecule has 27 heavy (non-hydrogen) atoms. The zero-order chi connectivity index (χ0) is 18.9. The predicted molar refractivity (Wildman–Crippen MR) is 104 cm³/mol. The number of ether oxygens (including phenoxy) is 1. The quantitative estimate of drug-likeness (QED) is 0.640. The van der Waals surface area contributed by atoms with E-state index in [0.717, 1.165) is 11.1 Å². The zero-order valence-electron chi connectivity index (χ0n) is 14.9. The van der Waals surface area contributed by atoms with Crippen LogP contribution in [0.3, 0.4) is 0 Å². The number of carbonyl (C=O) groups excluding carboxylic acids is 2. The van der Waals surface area contributed by atoms with Gasteiger partial charge in [0.2, 0.25) is 0 Å². The van der Waals surface area contributed by atoms with Crippen molar-refractivity contribution in [2.24, 2.45) is 0 Å². The molecule has 0 radical (unpaired) electrons. The monoisotopic (exact) mass is 359 g/mol. The molecule has 136 valence electrons. The van der Waals surface area contributed by atoms with Crippen LogP contribution < -0.4 is 5.32 Å². The van der Waals surface area contributed by atoms with Crippen molar-refractivity contribution in [3.63, 3.8) is 0 Å². The molecule has 1 atom stereocenters. The molecule has 0 aliphatic heterocycles. The van der Waals surface area contributed by atoms with Crippen molar-refractivity contribution >= 4 is 11.9 Å². The van der Waals surface area contributed by atoms with Crippen molar-refractivity contribution in [1.82, 2.24) is 5.32 Å². The van der Waals surface area contributed by atoms with Crippen LogP contribution >= 0.6 is 0 Å². The maximum absolute atomic E-state index is 12.5. The minimum absolute atomic E-state index is 0.0649. The molecule has 1 amide bonds. The van der Waals surface area contributed by atoms with Crippen LogP contribution in [0.25, 0.3) is 0 Å². The van der Waals surface area contributed by atoms with Crippen molar-refractivity contribution in [3.05, 3.63) is 108 Å². The van der Waals surface area contributed by atoms with Crippen LogP contribution in [-0.2, 0) is 16.1 Å². The number of hydrogen-bond acceptors (Lipinski definition) is 3. The van der Waals surface area contributed by atoms with Gasteiger partial charge in [0.25, 0.3) is 5.91 Å². The number of hydrogen-bond donors (Lipinski definition) is 1. The van der Waals surface area contributed by atoms with Crippen molar-refractivity contribution in [2.75, 3.05) is 0 Å². The fourth-order valence-corrected chi connectivity index (χ4v) is 2.73. The van der Waals surface area contributed by atoms with Crippen molar-refractivity contribution in [3.8, 4) is 0 Å². The molecule has 0 bridgehead atoms. The van der Waals surface area contributed by atoms with Gasteiger partial charge in [0.05, 0.1) is 12.5 Å². The molecule has 1 unspecified atom stereocenters. The summed E-state index contributed by atoms with van der Waals surface area (Å²) in [5.41, 5.74) is 2.34. The standard InChI is InChI=1S/C23H21NO3/c25-22(27-17-18-10-4-1-5-11-18)16-21(19-12-6-2-7-13-19)24-23(26)20-14-8-3-9-15-20/h1-15,21H,16-17H2,(H,24,26). The summed E-state index contributed by atoms with van der Waals surface area (Å²) in [5.74, 6) is -0.582. The first kappa shape index (κ1) is 18.4. The SMILES string of the molecule is O=C(CC(NC(=O)c1ccccc1)c1ccccc1)OCc1ccccc1. The number of carbonyl (C=O) groups is 2. The van der Waals surface area contributed by atoms with E-state index >= 15 is 0 Å². The van der Waals surface area contributed by atoms with Gasteiger partial charge in [0.15, 0.2) is 0 Å². The normalized spacial score (nSPS) is 11.4. The Hall–Kier alpha value is -3.40. The number of amides is 1. The van der Waals surface area contributed by atoms with Crippen molar-refractivity contribution in [1.29, 1.82) is 0 Å². The fraction of sp³-hybridized carbons (Fsp3) is 0.130. The zero-order valence-corrected chi connectivity index (χ0v) is 14.9. The van der Waals surface area contributed by atoms with Crippen LogP contribution in [0.2, 0.25) is 0 Å². The summed E-state index contributed by atoms with van der Waals surface area (Å²) in [5, 5.41) is 2.94. The molecule has 0 aromatic heterocycles. The largest absolute Gasteiger partial charge is 0.461 e. The molecule has 1 N–H and O–H groups in total. The van der Waals surface area contributed by atoms with E-state index in [0.29, 0.717) is 5.56 Å². The van der Waals surface area contributed by atoms with E-state index in [1.807, 2.05) is 66.7 Å². The molecular weight excluding hydrogens is 338 g/mol. The van der Waals surface area contributed by atoms with Crippen LogP contribution in [0.15, 0.2) is 91.0 Å². The molecule has 0 saturated carbocycles. The number of esters is 1. The molecule has 4 heteroatoms. The minimum Gasteiger partial charge on any atom is -0.461 e. The summed E-state index contributed by atoms with van der Waals surface area (Å²) in [7, 11) is 0. The molecule has 0 heterocycles. The maximum Gasteiger partial charge on any atom is 0.308 e. The first-order chi connectivity index (χ1) is 13.2. The lowest BCUT2D eigenvalue weighted by Crippen LogP contribution is -2.30. The van der Waals surface area contributed by atoms with Gasteiger partial charge in [0.1, 0.15) is 6.61 Å². The van der Waals surface area contributed by atoms with Crippen LogP contribution in [0.1, 0.15) is 33.9 Å². The maximum atomic E-state index is 12.5. The van der Waals surface area contributed by atoms with Gasteiger partial charge in [-0.2, -0.15) is 0 Å². The lowest BCUT2D eigenvalue weighted by molar-refractivity contribution is -0.145. The Morgan fingerprint density at radius 3 is 1.96 bits per heavy atom. The third-order valence-corrected chi connectivity index (χ3v) is 4.16. The smallest absolute Gasteiger partial charge is 0.308 e. The molecule has 0 aliphatic carbocycles. The predicted octanol–water partition coefficient (Wildman–Crippen LogP) is 4.29. The minimum atomic E-state index is -0.456. The summed E-state index contributed by atoms with van der Waals surface area (Å²) in [6.07, 6.45) is 0.0649. The average Bonchev–Trinajstić information content (AvgIpc) is 2.74. The van der Waals surface area contributed by atoms with E-state index in [2.05, 4.69) is 5.32 Å². The van der Waals surface area contributed by atoms with Crippen molar-refractivity contribution in [2.45, 2.75) is 19.1 Å². The van der Waals surface area contributed by atoms with Gasteiger partial charge < -0.3 is 10.1 Å². The Labute approximate surface area is 158 Å². The topological polar surface area (TPSA) is 55.4 Å². The van der Waals surface area contributed by atoms with Crippen LogP contribution in [-0.4, -0.2) is 11.9 Å². The lowest BCUT2D eigenvalue weighted by Gasteiger charge is -2.19. The molecule has 3 aromatic carbocycles. The Bertz CT molecular complexity index is 864. The Kier molecular flexibility index (Phi) is 6.36. The van der Waals surface area contributed by atoms with Gasteiger partial charge >= 0.3 is 5.97 Å². The lowest BCUT2D eigenvalue weighted by atomic mass is 10.0. The van der Waals surface area contributed by atoms with Gasteiger partial charge in [-0.1, -0.05) is 78.9 Å². The van der Waals surface area contributed by atoms with Crippen LogP contribution in [0.5, 0.6) is 0 Å². The van der Waals surface area contributed by atoms with Gasteiger partial charge in [0, 0.05) is 5.56 Å².